The van der Waals surface area contributed by atoms with Crippen LogP contribution in [0.1, 0.15) is 38.2 Å². The zero-order chi connectivity index (χ0) is 18.6. The minimum Gasteiger partial charge on any atom is -0.491 e. The Bertz CT molecular complexity index is 871. The number of aromatic nitrogens is 2. The van der Waals surface area contributed by atoms with Gasteiger partial charge in [0.1, 0.15) is 5.75 Å². The summed E-state index contributed by atoms with van der Waals surface area (Å²) in [4.78, 5) is 7.27. The maximum atomic E-state index is 12.9. The highest BCUT2D eigenvalue weighted by Crippen LogP contribution is 2.35. The fourth-order valence-electron chi connectivity index (χ4n) is 2.88. The molecule has 0 atom stereocenters. The van der Waals surface area contributed by atoms with Crippen LogP contribution in [0, 0.1) is 0 Å². The third-order valence-electron chi connectivity index (χ3n) is 4.28. The smallest absolute Gasteiger partial charge is 0.416 e. The Labute approximate surface area is 150 Å². The lowest BCUT2D eigenvalue weighted by molar-refractivity contribution is -0.137. The second-order valence-corrected chi connectivity index (χ2v) is 6.26. The Kier molecular flexibility index (Phi) is 5.49. The number of fused-ring (bicyclic) bond motifs is 1. The van der Waals surface area contributed by atoms with Crippen molar-refractivity contribution < 1.29 is 17.9 Å². The van der Waals surface area contributed by atoms with E-state index in [1.54, 1.807) is 24.5 Å². The van der Waals surface area contributed by atoms with Gasteiger partial charge in [-0.1, -0.05) is 26.2 Å². The van der Waals surface area contributed by atoms with Gasteiger partial charge in [-0.3, -0.25) is 4.98 Å². The van der Waals surface area contributed by atoms with Gasteiger partial charge in [0, 0.05) is 22.7 Å². The maximum Gasteiger partial charge on any atom is 0.416 e. The summed E-state index contributed by atoms with van der Waals surface area (Å²) in [7, 11) is 0. The number of benzene rings is 1. The summed E-state index contributed by atoms with van der Waals surface area (Å²) in [6, 6.07) is 7.21. The van der Waals surface area contributed by atoms with E-state index in [0.717, 1.165) is 37.0 Å². The van der Waals surface area contributed by atoms with E-state index < -0.39 is 11.7 Å². The number of hydrogen-bond acceptors (Lipinski definition) is 2. The van der Waals surface area contributed by atoms with Crippen LogP contribution in [-0.2, 0) is 6.18 Å². The Hall–Kier alpha value is -2.50. The second kappa shape index (κ2) is 7.81. The van der Waals surface area contributed by atoms with E-state index in [2.05, 4.69) is 16.9 Å². The zero-order valence-corrected chi connectivity index (χ0v) is 14.6. The van der Waals surface area contributed by atoms with Crippen molar-refractivity contribution in [2.45, 2.75) is 38.8 Å². The number of H-pyrrole nitrogens is 1. The van der Waals surface area contributed by atoms with Gasteiger partial charge in [-0.05, 0) is 36.8 Å². The molecule has 2 heterocycles. The molecule has 0 radical (unpaired) electrons. The quantitative estimate of drug-likeness (QED) is 0.508. The minimum absolute atomic E-state index is 0.514. The molecule has 6 heteroatoms. The molecule has 0 aliphatic carbocycles. The van der Waals surface area contributed by atoms with Gasteiger partial charge < -0.3 is 9.72 Å². The standard InChI is InChI=1S/C20H21F3N2O/c1-2-3-4-5-10-26-19-13-24-9-8-16(19)18-12-14-11-15(20(21,22)23)6-7-17(14)25-18/h6-9,11-13,25H,2-5,10H2,1H3. The van der Waals surface area contributed by atoms with Gasteiger partial charge >= 0.3 is 6.18 Å². The predicted octanol–water partition coefficient (Wildman–Crippen LogP) is 6.21. The molecule has 1 aromatic carbocycles. The van der Waals surface area contributed by atoms with Crippen LogP contribution in [0.25, 0.3) is 22.2 Å². The number of unbranched alkanes of at least 4 members (excludes halogenated alkanes) is 3. The van der Waals surface area contributed by atoms with Crippen LogP contribution in [0.5, 0.6) is 5.75 Å². The molecule has 0 unspecified atom stereocenters. The van der Waals surface area contributed by atoms with Crippen molar-refractivity contribution in [1.29, 1.82) is 0 Å². The van der Waals surface area contributed by atoms with E-state index >= 15 is 0 Å². The van der Waals surface area contributed by atoms with Crippen molar-refractivity contribution in [3.63, 3.8) is 0 Å². The van der Waals surface area contributed by atoms with Crippen molar-refractivity contribution in [3.8, 4) is 17.0 Å². The molecular weight excluding hydrogens is 341 g/mol. The highest BCUT2D eigenvalue weighted by atomic mass is 19.4. The molecule has 0 aliphatic heterocycles. The fourth-order valence-corrected chi connectivity index (χ4v) is 2.88. The first kappa shape index (κ1) is 18.3. The number of nitrogens with one attached hydrogen (secondary N) is 1. The molecular formula is C20H21F3N2O. The Morgan fingerprint density at radius 2 is 1.92 bits per heavy atom. The number of rotatable bonds is 7. The van der Waals surface area contributed by atoms with Crippen LogP contribution in [0.3, 0.4) is 0 Å². The van der Waals surface area contributed by atoms with Gasteiger partial charge in [-0.25, -0.2) is 0 Å². The second-order valence-electron chi connectivity index (χ2n) is 6.26. The van der Waals surface area contributed by atoms with Crippen molar-refractivity contribution >= 4 is 10.9 Å². The Morgan fingerprint density at radius 3 is 2.69 bits per heavy atom. The molecule has 3 aromatic rings. The lowest BCUT2D eigenvalue weighted by atomic mass is 10.1. The van der Waals surface area contributed by atoms with Gasteiger partial charge in [0.25, 0.3) is 0 Å². The average molecular weight is 362 g/mol. The summed E-state index contributed by atoms with van der Waals surface area (Å²) in [5.74, 6) is 0.631. The van der Waals surface area contributed by atoms with Crippen molar-refractivity contribution in [2.75, 3.05) is 6.61 Å². The first-order chi connectivity index (χ1) is 12.5. The van der Waals surface area contributed by atoms with Crippen LogP contribution < -0.4 is 4.74 Å². The average Bonchev–Trinajstić information content (AvgIpc) is 3.04. The molecule has 0 fully saturated rings. The van der Waals surface area contributed by atoms with Crippen molar-refractivity contribution in [1.82, 2.24) is 9.97 Å². The summed E-state index contributed by atoms with van der Waals surface area (Å²) in [5.41, 5.74) is 1.50. The van der Waals surface area contributed by atoms with Crippen LogP contribution >= 0.6 is 0 Å². The third kappa shape index (κ3) is 4.18. The summed E-state index contributed by atoms with van der Waals surface area (Å²) in [6.45, 7) is 2.75. The van der Waals surface area contributed by atoms with Crippen molar-refractivity contribution in [2.24, 2.45) is 0 Å². The first-order valence-corrected chi connectivity index (χ1v) is 8.76. The number of nitrogens with zero attached hydrogens (tertiary/aromatic N) is 1. The minimum atomic E-state index is -4.35. The lowest BCUT2D eigenvalue weighted by Crippen LogP contribution is -2.03. The number of alkyl halides is 3. The van der Waals surface area contributed by atoms with Gasteiger partial charge in [-0.15, -0.1) is 0 Å². The molecule has 2 aromatic heterocycles. The van der Waals surface area contributed by atoms with Crippen molar-refractivity contribution in [3.05, 3.63) is 48.3 Å². The molecule has 3 nitrogen and oxygen atoms in total. The lowest BCUT2D eigenvalue weighted by Gasteiger charge is -2.09. The molecule has 138 valence electrons. The monoisotopic (exact) mass is 362 g/mol. The third-order valence-corrected chi connectivity index (χ3v) is 4.28. The summed E-state index contributed by atoms with van der Waals surface area (Å²) < 4.78 is 44.5. The fraction of sp³-hybridized carbons (Fsp3) is 0.350. The number of pyridine rings is 1. The van der Waals surface area contributed by atoms with E-state index in [1.807, 2.05) is 0 Å². The molecule has 3 rings (SSSR count). The first-order valence-electron chi connectivity index (χ1n) is 8.76. The van der Waals surface area contributed by atoms with E-state index in [9.17, 15) is 13.2 Å². The zero-order valence-electron chi connectivity index (χ0n) is 14.6. The number of halogens is 3. The van der Waals surface area contributed by atoms with Crippen LogP contribution in [0.15, 0.2) is 42.7 Å². The molecule has 0 spiro atoms. The molecule has 0 aliphatic rings. The Morgan fingerprint density at radius 1 is 1.08 bits per heavy atom. The number of hydrogen-bond donors (Lipinski definition) is 1. The van der Waals surface area contributed by atoms with E-state index in [-0.39, 0.29) is 0 Å². The molecule has 0 saturated heterocycles. The Balaban J connectivity index is 1.84. The van der Waals surface area contributed by atoms with E-state index in [1.165, 1.54) is 12.5 Å². The predicted molar refractivity (Wildman–Crippen MR) is 96.2 cm³/mol. The van der Waals surface area contributed by atoms with E-state index in [0.29, 0.717) is 29.0 Å². The van der Waals surface area contributed by atoms with Crippen LogP contribution in [0.2, 0.25) is 0 Å². The number of ether oxygens (including phenoxy) is 1. The van der Waals surface area contributed by atoms with Crippen LogP contribution in [0.4, 0.5) is 13.2 Å². The summed E-state index contributed by atoms with van der Waals surface area (Å²) >= 11 is 0. The highest BCUT2D eigenvalue weighted by molar-refractivity contribution is 5.87. The van der Waals surface area contributed by atoms with Gasteiger partial charge in [-0.2, -0.15) is 13.2 Å². The summed E-state index contributed by atoms with van der Waals surface area (Å²) in [6.07, 6.45) is 3.34. The van der Waals surface area contributed by atoms with Gasteiger partial charge in [0.2, 0.25) is 0 Å². The normalized spacial score (nSPS) is 11.8. The molecule has 0 bridgehead atoms. The SMILES string of the molecule is CCCCCCOc1cnccc1-c1cc2cc(C(F)(F)F)ccc2[nH]1. The number of aromatic amines is 1. The summed E-state index contributed by atoms with van der Waals surface area (Å²) in [5, 5.41) is 0.514. The van der Waals surface area contributed by atoms with E-state index in [4.69, 9.17) is 4.74 Å². The maximum absolute atomic E-state index is 12.9. The van der Waals surface area contributed by atoms with Gasteiger partial charge in [0.05, 0.1) is 24.1 Å². The van der Waals surface area contributed by atoms with Crippen LogP contribution in [-0.4, -0.2) is 16.6 Å². The molecule has 0 saturated carbocycles. The molecule has 1 N–H and O–H groups in total. The molecule has 26 heavy (non-hydrogen) atoms. The topological polar surface area (TPSA) is 37.9 Å². The van der Waals surface area contributed by atoms with Gasteiger partial charge in [0.15, 0.2) is 0 Å². The largest absolute Gasteiger partial charge is 0.491 e. The highest BCUT2D eigenvalue weighted by Gasteiger charge is 2.30. The molecule has 0 amide bonds.